The van der Waals surface area contributed by atoms with Gasteiger partial charge in [-0.1, -0.05) is 12.1 Å². The molecule has 12 nitrogen and oxygen atoms in total. The molecule has 0 aliphatic carbocycles. The summed E-state index contributed by atoms with van der Waals surface area (Å²) in [6.45, 7) is 0. The Morgan fingerprint density at radius 1 is 0.500 bits per heavy atom. The zero-order valence-corrected chi connectivity index (χ0v) is 19.8. The van der Waals surface area contributed by atoms with E-state index in [4.69, 9.17) is 37.3 Å². The van der Waals surface area contributed by atoms with Gasteiger partial charge in [-0.2, -0.15) is 0 Å². The number of hydrogen-bond acceptors (Lipinski definition) is 10. The van der Waals surface area contributed by atoms with Crippen molar-refractivity contribution < 1.29 is 77.9 Å². The lowest BCUT2D eigenvalue weighted by Gasteiger charge is -2.17. The molecule has 0 unspecified atom stereocenters. The van der Waals surface area contributed by atoms with Crippen molar-refractivity contribution in [3.05, 3.63) is 95.6 Å². The monoisotopic (exact) mass is 542 g/mol. The molecule has 0 fully saturated rings. The van der Waals surface area contributed by atoms with E-state index in [0.29, 0.717) is 12.8 Å². The van der Waals surface area contributed by atoms with Gasteiger partial charge < -0.3 is 10.2 Å². The highest BCUT2D eigenvalue weighted by molar-refractivity contribution is 5.92. The van der Waals surface area contributed by atoms with Crippen LogP contribution in [0.25, 0.3) is 10.8 Å². The minimum Gasteiger partial charge on any atom is -0.508 e. The van der Waals surface area contributed by atoms with Gasteiger partial charge in [-0.25, -0.2) is 47.2 Å². The number of H-pyrrole nitrogens is 2. The molecule has 0 atom stereocenters. The highest BCUT2D eigenvalue weighted by Gasteiger charge is 2.14. The molecule has 14 heteroatoms. The Balaban J connectivity index is 0.000000389. The van der Waals surface area contributed by atoms with Gasteiger partial charge in [0.15, 0.2) is 24.8 Å². The number of aromatic hydroxyl groups is 2. The van der Waals surface area contributed by atoms with Gasteiger partial charge >= 0.3 is 0 Å². The molecule has 2 heterocycles. The maximum absolute atomic E-state index is 10.4. The SMILES string of the molecule is Oc1ccc2c(Cc3cc[nH+]cc3)c(O)ccc2c1Cc1cc[nH+]cc1.[O-][Cl+3]([O-])([O-])[O-].[O-][Cl+3]([O-])([O-])[O-]. The summed E-state index contributed by atoms with van der Waals surface area (Å²) in [5.74, 6) is 0.549. The molecule has 2 aromatic heterocycles. The Morgan fingerprint density at radius 3 is 1.06 bits per heavy atom. The molecule has 4 rings (SSSR count). The maximum Gasteiger partial charge on any atom is 0.167 e. The quantitative estimate of drug-likeness (QED) is 0.246. The van der Waals surface area contributed by atoms with Crippen LogP contribution in [0.4, 0.5) is 0 Å². The van der Waals surface area contributed by atoms with Gasteiger partial charge in [-0.3, -0.25) is 0 Å². The molecule has 0 spiro atoms. The van der Waals surface area contributed by atoms with E-state index in [2.05, 4.69) is 9.97 Å². The van der Waals surface area contributed by atoms with Gasteiger partial charge in [0.25, 0.3) is 0 Å². The van der Waals surface area contributed by atoms with E-state index >= 15 is 0 Å². The third kappa shape index (κ3) is 10.6. The number of aromatic amines is 2. The van der Waals surface area contributed by atoms with Crippen LogP contribution in [0, 0.1) is 20.5 Å². The van der Waals surface area contributed by atoms with E-state index in [1.807, 2.05) is 61.2 Å². The molecule has 0 saturated carbocycles. The number of pyridine rings is 2. The Morgan fingerprint density at radius 2 is 0.778 bits per heavy atom. The molecule has 4 aromatic rings. The normalized spacial score (nSPS) is 11.2. The van der Waals surface area contributed by atoms with Crippen LogP contribution < -0.4 is 47.2 Å². The van der Waals surface area contributed by atoms with E-state index in [0.717, 1.165) is 33.0 Å². The van der Waals surface area contributed by atoms with Crippen LogP contribution in [0.2, 0.25) is 0 Å². The van der Waals surface area contributed by atoms with E-state index in [9.17, 15) is 10.2 Å². The minimum absolute atomic E-state index is 0.274. The smallest absolute Gasteiger partial charge is 0.167 e. The van der Waals surface area contributed by atoms with E-state index in [-0.39, 0.29) is 11.5 Å². The van der Waals surface area contributed by atoms with Crippen LogP contribution in [-0.4, -0.2) is 10.2 Å². The highest BCUT2D eigenvalue weighted by Crippen LogP contribution is 2.35. The zero-order chi connectivity index (χ0) is 26.9. The molecule has 0 aliphatic rings. The second kappa shape index (κ2) is 12.7. The molecule has 0 bridgehead atoms. The molecule has 2 aromatic carbocycles. The second-order valence-corrected chi connectivity index (χ2v) is 8.66. The summed E-state index contributed by atoms with van der Waals surface area (Å²) < 4.78 is 67.9. The van der Waals surface area contributed by atoms with Crippen LogP contribution in [0.5, 0.6) is 11.5 Å². The molecular weight excluding hydrogens is 523 g/mol. The summed E-state index contributed by atoms with van der Waals surface area (Å²) in [5, 5.41) is 22.8. The number of nitrogens with one attached hydrogen (secondary N) is 2. The molecule has 4 N–H and O–H groups in total. The third-order valence-corrected chi connectivity index (χ3v) is 4.71. The summed E-state index contributed by atoms with van der Waals surface area (Å²) in [6.07, 6.45) is 8.76. The predicted octanol–water partition coefficient (Wildman–Crippen LogP) is -6.45. The van der Waals surface area contributed by atoms with E-state index < -0.39 is 20.5 Å². The van der Waals surface area contributed by atoms with Gasteiger partial charge in [0.05, 0.1) is 0 Å². The molecule has 0 aliphatic heterocycles. The first-order valence-electron chi connectivity index (χ1n) is 9.81. The van der Waals surface area contributed by atoms with Crippen molar-refractivity contribution >= 4 is 10.8 Å². The van der Waals surface area contributed by atoms with Gasteiger partial charge in [-0.05, 0) is 34.0 Å². The number of hydrogen-bond donors (Lipinski definition) is 2. The predicted molar refractivity (Wildman–Crippen MR) is 98.9 cm³/mol. The van der Waals surface area contributed by atoms with Gasteiger partial charge in [0.2, 0.25) is 0 Å². The van der Waals surface area contributed by atoms with Crippen molar-refractivity contribution in [2.24, 2.45) is 0 Å². The van der Waals surface area contributed by atoms with Crippen molar-refractivity contribution in [2.75, 3.05) is 0 Å². The Labute approximate surface area is 208 Å². The van der Waals surface area contributed by atoms with Crippen molar-refractivity contribution in [3.63, 3.8) is 0 Å². The van der Waals surface area contributed by atoms with Crippen LogP contribution in [-0.2, 0) is 12.8 Å². The lowest BCUT2D eigenvalue weighted by atomic mass is 9.92. The summed E-state index contributed by atoms with van der Waals surface area (Å²) in [7, 11) is -9.89. The first-order valence-corrected chi connectivity index (χ1v) is 12.3. The summed E-state index contributed by atoms with van der Waals surface area (Å²) in [4.78, 5) is 6.03. The van der Waals surface area contributed by atoms with E-state index in [1.165, 1.54) is 0 Å². The average Bonchev–Trinajstić information content (AvgIpc) is 2.77. The Kier molecular flexibility index (Phi) is 10.3. The van der Waals surface area contributed by atoms with Crippen molar-refractivity contribution in [1.29, 1.82) is 0 Å². The molecule has 0 saturated heterocycles. The fraction of sp³-hybridized carbons (Fsp3) is 0.0909. The topological polar surface area (TPSA) is 253 Å². The number of fused-ring (bicyclic) bond motifs is 1. The van der Waals surface area contributed by atoms with Crippen molar-refractivity contribution in [3.8, 4) is 11.5 Å². The molecule has 36 heavy (non-hydrogen) atoms. The standard InChI is InChI=1S/C22H18N2O2.2ClHO4/c25-21-3-1-17-18(20(21)14-16-7-11-24-12-8-16)2-4-22(26)19(17)13-15-5-9-23-10-6-15;2*2-1(3,4)5/h1-12,25-26H,13-14H2;2*(H,2,3,4,5). The van der Waals surface area contributed by atoms with Crippen LogP contribution >= 0.6 is 0 Å². The largest absolute Gasteiger partial charge is 0.508 e. The molecule has 0 radical (unpaired) electrons. The number of benzene rings is 2. The second-order valence-electron chi connectivity index (χ2n) is 7.15. The lowest BCUT2D eigenvalue weighted by molar-refractivity contribution is -2.00. The minimum atomic E-state index is -4.94. The molecule has 0 amide bonds. The number of rotatable bonds is 4. The number of aromatic nitrogens is 2. The first kappa shape index (κ1) is 29.1. The van der Waals surface area contributed by atoms with Gasteiger partial charge in [-0.15, -0.1) is 20.5 Å². The fourth-order valence-corrected chi connectivity index (χ4v) is 3.37. The Bertz CT molecular complexity index is 1140. The lowest BCUT2D eigenvalue weighted by Crippen LogP contribution is -2.68. The van der Waals surface area contributed by atoms with Crippen molar-refractivity contribution in [2.45, 2.75) is 12.8 Å². The number of halogens is 2. The first-order chi connectivity index (χ1) is 16.7. The zero-order valence-electron chi connectivity index (χ0n) is 18.3. The highest BCUT2D eigenvalue weighted by atomic mass is 35.7. The van der Waals surface area contributed by atoms with Crippen LogP contribution in [0.1, 0.15) is 22.3 Å². The third-order valence-electron chi connectivity index (χ3n) is 4.71. The van der Waals surface area contributed by atoms with Crippen molar-refractivity contribution in [1.82, 2.24) is 0 Å². The summed E-state index contributed by atoms with van der Waals surface area (Å²) >= 11 is 0. The van der Waals surface area contributed by atoms with Gasteiger partial charge in [0.1, 0.15) is 11.5 Å². The summed E-state index contributed by atoms with van der Waals surface area (Å²) in [6, 6.07) is 15.2. The van der Waals surface area contributed by atoms with Crippen LogP contribution in [0.3, 0.4) is 0 Å². The maximum atomic E-state index is 10.4. The van der Waals surface area contributed by atoms with E-state index in [1.54, 1.807) is 12.1 Å². The number of phenols is 2. The number of phenolic OH excluding ortho intramolecular Hbond substituents is 2. The molecule has 192 valence electrons. The average molecular weight is 543 g/mol. The summed E-state index contributed by atoms with van der Waals surface area (Å²) in [5.41, 5.74) is 3.97. The molecular formula is C22H20Cl2N2O10. The van der Waals surface area contributed by atoms with Gasteiger partial charge in [0, 0.05) is 48.2 Å². The fourth-order valence-electron chi connectivity index (χ4n) is 3.37. The Hall–Kier alpha value is -3.14. The van der Waals surface area contributed by atoms with Crippen LogP contribution in [0.15, 0.2) is 73.3 Å².